The highest BCUT2D eigenvalue weighted by Gasteiger charge is 2.00. The summed E-state index contributed by atoms with van der Waals surface area (Å²) in [5.41, 5.74) is 7.71. The van der Waals surface area contributed by atoms with Crippen LogP contribution in [0.2, 0.25) is 0 Å². The average molecular weight is 231 g/mol. The van der Waals surface area contributed by atoms with E-state index in [0.717, 1.165) is 22.8 Å². The summed E-state index contributed by atoms with van der Waals surface area (Å²) in [5.74, 6) is 1.63. The summed E-state index contributed by atoms with van der Waals surface area (Å²) < 4.78 is 0. The van der Waals surface area contributed by atoms with Crippen LogP contribution in [0.4, 0.5) is 5.69 Å². The van der Waals surface area contributed by atoms with E-state index in [-0.39, 0.29) is 0 Å². The van der Waals surface area contributed by atoms with E-state index in [1.165, 1.54) is 4.90 Å². The minimum atomic E-state index is 0.782. The van der Waals surface area contributed by atoms with Crippen LogP contribution in [-0.2, 0) is 5.75 Å². The van der Waals surface area contributed by atoms with Crippen molar-refractivity contribution in [2.75, 3.05) is 5.73 Å². The standard InChI is InChI=1S/C12H13N3S/c1-9-7-10(3-4-11(9)13)16-8-12-14-5-2-6-15-12/h2-7H,8,13H2,1H3. The van der Waals surface area contributed by atoms with Crippen molar-refractivity contribution in [1.29, 1.82) is 0 Å². The number of benzene rings is 1. The smallest absolute Gasteiger partial charge is 0.138 e. The molecule has 1 aromatic heterocycles. The van der Waals surface area contributed by atoms with Crippen molar-refractivity contribution in [2.45, 2.75) is 17.6 Å². The predicted octanol–water partition coefficient (Wildman–Crippen LogP) is 2.66. The highest BCUT2D eigenvalue weighted by atomic mass is 32.2. The minimum Gasteiger partial charge on any atom is -0.399 e. The van der Waals surface area contributed by atoms with Gasteiger partial charge in [-0.1, -0.05) is 0 Å². The molecule has 0 atom stereocenters. The van der Waals surface area contributed by atoms with Crippen molar-refractivity contribution in [3.63, 3.8) is 0 Å². The number of thioether (sulfide) groups is 1. The second-order valence-corrected chi connectivity index (χ2v) is 4.52. The van der Waals surface area contributed by atoms with Gasteiger partial charge in [0.2, 0.25) is 0 Å². The second kappa shape index (κ2) is 4.99. The van der Waals surface area contributed by atoms with Crippen LogP contribution < -0.4 is 5.73 Å². The quantitative estimate of drug-likeness (QED) is 0.651. The van der Waals surface area contributed by atoms with E-state index in [4.69, 9.17) is 5.73 Å². The molecule has 0 saturated carbocycles. The molecule has 0 spiro atoms. The lowest BCUT2D eigenvalue weighted by Gasteiger charge is -2.04. The Balaban J connectivity index is 2.03. The molecule has 0 bridgehead atoms. The van der Waals surface area contributed by atoms with Crippen LogP contribution >= 0.6 is 11.8 Å². The Hall–Kier alpha value is -1.55. The van der Waals surface area contributed by atoms with E-state index in [2.05, 4.69) is 16.0 Å². The van der Waals surface area contributed by atoms with Gasteiger partial charge in [0.15, 0.2) is 0 Å². The summed E-state index contributed by atoms with van der Waals surface area (Å²) in [7, 11) is 0. The Morgan fingerprint density at radius 3 is 2.69 bits per heavy atom. The molecule has 2 rings (SSSR count). The molecule has 4 heteroatoms. The van der Waals surface area contributed by atoms with Gasteiger partial charge in [-0.15, -0.1) is 11.8 Å². The molecule has 16 heavy (non-hydrogen) atoms. The number of hydrogen-bond donors (Lipinski definition) is 1. The molecule has 82 valence electrons. The molecular formula is C12H13N3S. The minimum absolute atomic E-state index is 0.782. The van der Waals surface area contributed by atoms with Crippen molar-refractivity contribution in [3.8, 4) is 0 Å². The number of nitrogens with zero attached hydrogens (tertiary/aromatic N) is 2. The Kier molecular flexibility index (Phi) is 3.41. The third kappa shape index (κ3) is 2.73. The fraction of sp³-hybridized carbons (Fsp3) is 0.167. The number of anilines is 1. The van der Waals surface area contributed by atoms with E-state index in [9.17, 15) is 0 Å². The average Bonchev–Trinajstić information content (AvgIpc) is 2.32. The van der Waals surface area contributed by atoms with Crippen LogP contribution in [0.3, 0.4) is 0 Å². The van der Waals surface area contributed by atoms with Crippen molar-refractivity contribution >= 4 is 17.4 Å². The third-order valence-corrected chi connectivity index (χ3v) is 3.22. The largest absolute Gasteiger partial charge is 0.399 e. The maximum absolute atomic E-state index is 5.76. The molecule has 1 aromatic carbocycles. The molecule has 0 aliphatic rings. The first-order valence-corrected chi connectivity index (χ1v) is 5.99. The van der Waals surface area contributed by atoms with Gasteiger partial charge in [0.05, 0.1) is 5.75 Å². The molecule has 0 aliphatic heterocycles. The first-order valence-electron chi connectivity index (χ1n) is 5.00. The van der Waals surface area contributed by atoms with E-state index in [1.54, 1.807) is 24.2 Å². The molecule has 0 saturated heterocycles. The Bertz CT molecular complexity index is 471. The first kappa shape index (κ1) is 11.0. The monoisotopic (exact) mass is 231 g/mol. The van der Waals surface area contributed by atoms with Gasteiger partial charge in [-0.3, -0.25) is 0 Å². The molecule has 0 radical (unpaired) electrons. The van der Waals surface area contributed by atoms with Crippen LogP contribution in [0.5, 0.6) is 0 Å². The van der Waals surface area contributed by atoms with Crippen LogP contribution in [0.25, 0.3) is 0 Å². The number of aryl methyl sites for hydroxylation is 1. The highest BCUT2D eigenvalue weighted by molar-refractivity contribution is 7.98. The van der Waals surface area contributed by atoms with Gasteiger partial charge < -0.3 is 5.73 Å². The molecule has 0 aliphatic carbocycles. The van der Waals surface area contributed by atoms with Crippen LogP contribution in [0, 0.1) is 6.92 Å². The highest BCUT2D eigenvalue weighted by Crippen LogP contribution is 2.24. The second-order valence-electron chi connectivity index (χ2n) is 3.47. The van der Waals surface area contributed by atoms with Crippen LogP contribution in [-0.4, -0.2) is 9.97 Å². The zero-order valence-corrected chi connectivity index (χ0v) is 9.87. The predicted molar refractivity (Wildman–Crippen MR) is 67.2 cm³/mol. The molecule has 2 N–H and O–H groups in total. The van der Waals surface area contributed by atoms with Crippen molar-refractivity contribution < 1.29 is 0 Å². The lowest BCUT2D eigenvalue weighted by molar-refractivity contribution is 1.03. The van der Waals surface area contributed by atoms with E-state index in [0.29, 0.717) is 0 Å². The molecule has 2 aromatic rings. The maximum atomic E-state index is 5.76. The van der Waals surface area contributed by atoms with Crippen molar-refractivity contribution in [2.24, 2.45) is 0 Å². The number of rotatable bonds is 3. The number of hydrogen-bond acceptors (Lipinski definition) is 4. The molecule has 0 amide bonds. The SMILES string of the molecule is Cc1cc(SCc2ncccn2)ccc1N. The first-order chi connectivity index (χ1) is 7.75. The Morgan fingerprint density at radius 2 is 2.00 bits per heavy atom. The summed E-state index contributed by atoms with van der Waals surface area (Å²) in [6.07, 6.45) is 3.52. The van der Waals surface area contributed by atoms with Gasteiger partial charge >= 0.3 is 0 Å². The summed E-state index contributed by atoms with van der Waals surface area (Å²) in [5, 5.41) is 0. The van der Waals surface area contributed by atoms with E-state index < -0.39 is 0 Å². The van der Waals surface area contributed by atoms with E-state index in [1.807, 2.05) is 25.1 Å². The van der Waals surface area contributed by atoms with Gasteiger partial charge in [0.25, 0.3) is 0 Å². The number of nitrogens with two attached hydrogens (primary N) is 1. The lowest BCUT2D eigenvalue weighted by Crippen LogP contribution is -1.91. The zero-order chi connectivity index (χ0) is 11.4. The Morgan fingerprint density at radius 1 is 1.25 bits per heavy atom. The molecule has 1 heterocycles. The van der Waals surface area contributed by atoms with Crippen LogP contribution in [0.1, 0.15) is 11.4 Å². The van der Waals surface area contributed by atoms with Gasteiger partial charge in [-0.25, -0.2) is 9.97 Å². The molecule has 0 fully saturated rings. The summed E-state index contributed by atoms with van der Waals surface area (Å²) >= 11 is 1.72. The maximum Gasteiger partial charge on any atom is 0.138 e. The zero-order valence-electron chi connectivity index (χ0n) is 9.05. The van der Waals surface area contributed by atoms with Crippen molar-refractivity contribution in [1.82, 2.24) is 9.97 Å². The van der Waals surface area contributed by atoms with E-state index >= 15 is 0 Å². The number of aromatic nitrogens is 2. The molecule has 0 unspecified atom stereocenters. The normalized spacial score (nSPS) is 10.3. The van der Waals surface area contributed by atoms with Crippen LogP contribution in [0.15, 0.2) is 41.6 Å². The Labute approximate surface area is 99.1 Å². The number of nitrogen functional groups attached to an aromatic ring is 1. The van der Waals surface area contributed by atoms with Gasteiger partial charge in [0.1, 0.15) is 5.82 Å². The topological polar surface area (TPSA) is 51.8 Å². The molecular weight excluding hydrogens is 218 g/mol. The third-order valence-electron chi connectivity index (χ3n) is 2.23. The fourth-order valence-corrected chi connectivity index (χ4v) is 2.16. The fourth-order valence-electron chi connectivity index (χ4n) is 1.29. The lowest BCUT2D eigenvalue weighted by atomic mass is 10.2. The van der Waals surface area contributed by atoms with Gasteiger partial charge in [0, 0.05) is 23.0 Å². The van der Waals surface area contributed by atoms with Crippen molar-refractivity contribution in [3.05, 3.63) is 48.0 Å². The summed E-state index contributed by atoms with van der Waals surface area (Å²) in [6, 6.07) is 7.87. The molecule has 3 nitrogen and oxygen atoms in total. The summed E-state index contributed by atoms with van der Waals surface area (Å²) in [4.78, 5) is 9.55. The van der Waals surface area contributed by atoms with Gasteiger partial charge in [-0.2, -0.15) is 0 Å². The van der Waals surface area contributed by atoms with Gasteiger partial charge in [-0.05, 0) is 36.8 Å². The summed E-state index contributed by atoms with van der Waals surface area (Å²) in [6.45, 7) is 2.01.